The molecular formula is C17H12F3N3S. The first-order valence-electron chi connectivity index (χ1n) is 7.05. The van der Waals surface area contributed by atoms with Crippen LogP contribution >= 0.6 is 11.8 Å². The first kappa shape index (κ1) is 16.4. The van der Waals surface area contributed by atoms with E-state index in [1.54, 1.807) is 24.7 Å². The van der Waals surface area contributed by atoms with Crippen LogP contribution in [0.2, 0.25) is 0 Å². The average Bonchev–Trinajstić information content (AvgIpc) is 2.61. The summed E-state index contributed by atoms with van der Waals surface area (Å²) in [6.45, 7) is 0. The molecule has 24 heavy (non-hydrogen) atoms. The van der Waals surface area contributed by atoms with Crippen LogP contribution in [0.3, 0.4) is 0 Å². The summed E-state index contributed by atoms with van der Waals surface area (Å²) in [5, 5.41) is 0.566. The van der Waals surface area contributed by atoms with Crippen LogP contribution in [0.15, 0.2) is 66.2 Å². The van der Waals surface area contributed by atoms with E-state index in [9.17, 15) is 13.2 Å². The fraction of sp³-hybridized carbons (Fsp3) is 0.118. The third-order valence-corrected chi connectivity index (χ3v) is 4.17. The van der Waals surface area contributed by atoms with Crippen molar-refractivity contribution in [3.63, 3.8) is 0 Å². The summed E-state index contributed by atoms with van der Waals surface area (Å²) in [4.78, 5) is 12.7. The van der Waals surface area contributed by atoms with E-state index in [0.29, 0.717) is 10.9 Å². The van der Waals surface area contributed by atoms with E-state index in [4.69, 9.17) is 0 Å². The van der Waals surface area contributed by atoms with Gasteiger partial charge in [0.25, 0.3) is 0 Å². The van der Waals surface area contributed by atoms with E-state index in [0.717, 1.165) is 29.0 Å². The molecule has 0 bridgehead atoms. The number of nitrogens with zero attached hydrogens (tertiary/aromatic N) is 3. The van der Waals surface area contributed by atoms with Crippen LogP contribution in [0.4, 0.5) is 13.2 Å². The average molecular weight is 347 g/mol. The van der Waals surface area contributed by atoms with Crippen LogP contribution in [-0.4, -0.2) is 15.0 Å². The lowest BCUT2D eigenvalue weighted by Crippen LogP contribution is -2.04. The van der Waals surface area contributed by atoms with Crippen molar-refractivity contribution in [2.75, 3.05) is 0 Å². The Morgan fingerprint density at radius 1 is 0.958 bits per heavy atom. The summed E-state index contributed by atoms with van der Waals surface area (Å²) in [5.74, 6) is 0.495. The molecule has 1 aromatic carbocycles. The summed E-state index contributed by atoms with van der Waals surface area (Å²) in [7, 11) is 0. The van der Waals surface area contributed by atoms with Crippen molar-refractivity contribution in [3.05, 3.63) is 72.2 Å². The molecule has 3 rings (SSSR count). The third kappa shape index (κ3) is 4.11. The number of alkyl halides is 3. The molecule has 0 fully saturated rings. The highest BCUT2D eigenvalue weighted by molar-refractivity contribution is 7.98. The van der Waals surface area contributed by atoms with Gasteiger partial charge < -0.3 is 0 Å². The number of hydrogen-bond donors (Lipinski definition) is 0. The van der Waals surface area contributed by atoms with Gasteiger partial charge in [-0.3, -0.25) is 4.98 Å². The monoisotopic (exact) mass is 347 g/mol. The van der Waals surface area contributed by atoms with Gasteiger partial charge in [0.15, 0.2) is 5.16 Å². The molecule has 0 spiro atoms. The second-order valence-electron chi connectivity index (χ2n) is 4.95. The van der Waals surface area contributed by atoms with Gasteiger partial charge in [0.1, 0.15) is 0 Å². The molecule has 0 aliphatic carbocycles. The number of thioether (sulfide) groups is 1. The molecule has 3 aromatic rings. The standard InChI is InChI=1S/C17H12F3N3S/c18-17(19,20)14-5-3-12(4-6-14)11-24-16-22-9-7-15(23-16)13-2-1-8-21-10-13/h1-10H,11H2. The van der Waals surface area contributed by atoms with Gasteiger partial charge in [0, 0.05) is 29.9 Å². The maximum absolute atomic E-state index is 12.5. The minimum absolute atomic E-state index is 0.495. The van der Waals surface area contributed by atoms with Crippen LogP contribution in [0, 0.1) is 0 Å². The fourth-order valence-corrected chi connectivity index (χ4v) is 2.81. The molecule has 122 valence electrons. The Balaban J connectivity index is 1.69. The maximum atomic E-state index is 12.5. The van der Waals surface area contributed by atoms with Crippen LogP contribution in [0.5, 0.6) is 0 Å². The van der Waals surface area contributed by atoms with Gasteiger partial charge >= 0.3 is 6.18 Å². The van der Waals surface area contributed by atoms with Crippen molar-refractivity contribution in [2.45, 2.75) is 17.1 Å². The summed E-state index contributed by atoms with van der Waals surface area (Å²) in [6, 6.07) is 10.6. The van der Waals surface area contributed by atoms with E-state index < -0.39 is 11.7 Å². The van der Waals surface area contributed by atoms with E-state index >= 15 is 0 Å². The van der Waals surface area contributed by atoms with Crippen molar-refractivity contribution < 1.29 is 13.2 Å². The SMILES string of the molecule is FC(F)(F)c1ccc(CSc2nccc(-c3cccnc3)n2)cc1. The first-order valence-corrected chi connectivity index (χ1v) is 8.03. The summed E-state index contributed by atoms with van der Waals surface area (Å²) in [5.41, 5.74) is 1.78. The zero-order valence-corrected chi connectivity index (χ0v) is 13.2. The van der Waals surface area contributed by atoms with E-state index in [1.165, 1.54) is 23.9 Å². The quantitative estimate of drug-likeness (QED) is 0.499. The molecule has 0 saturated heterocycles. The van der Waals surface area contributed by atoms with E-state index in [1.807, 2.05) is 12.1 Å². The van der Waals surface area contributed by atoms with Crippen LogP contribution in [0.1, 0.15) is 11.1 Å². The van der Waals surface area contributed by atoms with Gasteiger partial charge in [-0.15, -0.1) is 0 Å². The molecular weight excluding hydrogens is 335 g/mol. The smallest absolute Gasteiger partial charge is 0.264 e. The molecule has 0 aliphatic rings. The van der Waals surface area contributed by atoms with Gasteiger partial charge in [-0.2, -0.15) is 13.2 Å². The lowest BCUT2D eigenvalue weighted by Gasteiger charge is -2.07. The highest BCUT2D eigenvalue weighted by Crippen LogP contribution is 2.30. The predicted molar refractivity (Wildman–Crippen MR) is 86.3 cm³/mol. The predicted octanol–water partition coefficient (Wildman–Crippen LogP) is 4.85. The molecule has 2 aromatic heterocycles. The van der Waals surface area contributed by atoms with Gasteiger partial charge in [-0.05, 0) is 35.9 Å². The highest BCUT2D eigenvalue weighted by atomic mass is 32.2. The lowest BCUT2D eigenvalue weighted by atomic mass is 10.1. The van der Waals surface area contributed by atoms with Crippen molar-refractivity contribution in [2.24, 2.45) is 0 Å². The minimum atomic E-state index is -4.31. The van der Waals surface area contributed by atoms with Crippen LogP contribution in [0.25, 0.3) is 11.3 Å². The molecule has 3 nitrogen and oxygen atoms in total. The van der Waals surface area contributed by atoms with Gasteiger partial charge in [-0.1, -0.05) is 23.9 Å². The van der Waals surface area contributed by atoms with Crippen molar-refractivity contribution in [3.8, 4) is 11.3 Å². The van der Waals surface area contributed by atoms with Crippen molar-refractivity contribution in [1.29, 1.82) is 0 Å². The molecule has 0 N–H and O–H groups in total. The number of hydrogen-bond acceptors (Lipinski definition) is 4. The Labute approximate surface area is 141 Å². The molecule has 7 heteroatoms. The molecule has 0 atom stereocenters. The fourth-order valence-electron chi connectivity index (χ4n) is 2.02. The third-order valence-electron chi connectivity index (χ3n) is 3.24. The Morgan fingerprint density at radius 2 is 1.75 bits per heavy atom. The van der Waals surface area contributed by atoms with Crippen molar-refractivity contribution in [1.82, 2.24) is 15.0 Å². The van der Waals surface area contributed by atoms with Gasteiger partial charge in [0.05, 0.1) is 11.3 Å². The summed E-state index contributed by atoms with van der Waals surface area (Å²) >= 11 is 1.37. The Kier molecular flexibility index (Phi) is 4.80. The maximum Gasteiger partial charge on any atom is 0.416 e. The molecule has 0 amide bonds. The first-order chi connectivity index (χ1) is 11.5. The van der Waals surface area contributed by atoms with E-state index in [-0.39, 0.29) is 0 Å². The normalized spacial score (nSPS) is 11.5. The molecule has 0 aliphatic heterocycles. The minimum Gasteiger partial charge on any atom is -0.264 e. The van der Waals surface area contributed by atoms with Crippen LogP contribution in [-0.2, 0) is 11.9 Å². The Morgan fingerprint density at radius 3 is 2.42 bits per heavy atom. The number of pyridine rings is 1. The topological polar surface area (TPSA) is 38.7 Å². The van der Waals surface area contributed by atoms with E-state index in [2.05, 4.69) is 15.0 Å². The second-order valence-corrected chi connectivity index (χ2v) is 5.89. The highest BCUT2D eigenvalue weighted by Gasteiger charge is 2.29. The molecule has 0 radical (unpaired) electrons. The Hall–Kier alpha value is -2.41. The van der Waals surface area contributed by atoms with Gasteiger partial charge in [0.2, 0.25) is 0 Å². The summed E-state index contributed by atoms with van der Waals surface area (Å²) < 4.78 is 37.6. The Bertz CT molecular complexity index is 805. The second kappa shape index (κ2) is 7.00. The number of rotatable bonds is 4. The lowest BCUT2D eigenvalue weighted by molar-refractivity contribution is -0.137. The largest absolute Gasteiger partial charge is 0.416 e. The van der Waals surface area contributed by atoms with Gasteiger partial charge in [-0.25, -0.2) is 9.97 Å². The van der Waals surface area contributed by atoms with Crippen LogP contribution < -0.4 is 0 Å². The van der Waals surface area contributed by atoms with Crippen molar-refractivity contribution >= 4 is 11.8 Å². The molecule has 0 saturated carbocycles. The number of halogens is 3. The zero-order chi connectivity index (χ0) is 17.0. The molecule has 2 heterocycles. The summed E-state index contributed by atoms with van der Waals surface area (Å²) in [6.07, 6.45) is 0.745. The zero-order valence-electron chi connectivity index (χ0n) is 12.4. The molecule has 0 unspecified atom stereocenters. The number of benzene rings is 1. The number of aromatic nitrogens is 3.